The highest BCUT2D eigenvalue weighted by Crippen LogP contribution is 2.24. The van der Waals surface area contributed by atoms with Gasteiger partial charge >= 0.3 is 6.09 Å². The number of ether oxygens (including phenoxy) is 1. The normalized spacial score (nSPS) is 15.2. The molecule has 0 aliphatic heterocycles. The van der Waals surface area contributed by atoms with E-state index in [9.17, 15) is 14.4 Å². The first-order valence-electron chi connectivity index (χ1n) is 9.43. The molecule has 6 heteroatoms. The minimum absolute atomic E-state index is 0.0271. The molecule has 0 aromatic rings. The van der Waals surface area contributed by atoms with Crippen LogP contribution in [0, 0.1) is 11.3 Å². The van der Waals surface area contributed by atoms with Crippen LogP contribution in [0.2, 0.25) is 0 Å². The van der Waals surface area contributed by atoms with Gasteiger partial charge in [0.15, 0.2) is 5.78 Å². The topological polar surface area (TPSA) is 75.7 Å². The number of likely N-dealkylation sites (N-methyl/N-ethyl adjacent to an activating group) is 1. The summed E-state index contributed by atoms with van der Waals surface area (Å²) in [6, 6.07) is -1.02. The number of ketones is 1. The van der Waals surface area contributed by atoms with Gasteiger partial charge in [0.2, 0.25) is 5.91 Å². The maximum absolute atomic E-state index is 13.2. The molecule has 156 valence electrons. The zero-order valence-electron chi connectivity index (χ0n) is 18.9. The van der Waals surface area contributed by atoms with E-state index in [0.717, 1.165) is 0 Å². The Morgan fingerprint density at radius 2 is 1.48 bits per heavy atom. The van der Waals surface area contributed by atoms with E-state index in [-0.39, 0.29) is 23.7 Å². The molecule has 0 aliphatic rings. The first kappa shape index (κ1) is 25.1. The molecule has 0 radical (unpaired) electrons. The number of carbonyl (C=O) groups is 3. The van der Waals surface area contributed by atoms with Crippen molar-refractivity contribution in [2.24, 2.45) is 11.3 Å². The average Bonchev–Trinajstić information content (AvgIpc) is 2.45. The number of hydrogen-bond donors (Lipinski definition) is 1. The first-order valence-corrected chi connectivity index (χ1v) is 9.43. The lowest BCUT2D eigenvalue weighted by atomic mass is 9.85. The number of amides is 2. The Balaban J connectivity index is 5.67. The molecule has 2 amide bonds. The fourth-order valence-corrected chi connectivity index (χ4v) is 2.55. The van der Waals surface area contributed by atoms with Crippen LogP contribution in [-0.4, -0.2) is 47.4 Å². The molecular formula is C21H38N2O4. The number of alkyl carbamates (subject to hydrolysis) is 1. The monoisotopic (exact) mass is 382 g/mol. The third kappa shape index (κ3) is 8.59. The molecule has 0 aliphatic carbocycles. The summed E-state index contributed by atoms with van der Waals surface area (Å²) in [5.74, 6) is -0.143. The molecule has 0 spiro atoms. The van der Waals surface area contributed by atoms with Crippen LogP contribution in [0.3, 0.4) is 0 Å². The quantitative estimate of drug-likeness (QED) is 0.706. The molecule has 0 saturated heterocycles. The van der Waals surface area contributed by atoms with E-state index in [2.05, 4.69) is 5.32 Å². The van der Waals surface area contributed by atoms with Gasteiger partial charge in [-0.3, -0.25) is 9.59 Å². The van der Waals surface area contributed by atoms with E-state index < -0.39 is 23.2 Å². The van der Waals surface area contributed by atoms with Crippen LogP contribution in [0.5, 0.6) is 0 Å². The van der Waals surface area contributed by atoms with Crippen molar-refractivity contribution in [1.82, 2.24) is 10.2 Å². The van der Waals surface area contributed by atoms with Gasteiger partial charge in [-0.1, -0.05) is 40.7 Å². The van der Waals surface area contributed by atoms with Crippen molar-refractivity contribution >= 4 is 17.8 Å². The van der Waals surface area contributed by atoms with Gasteiger partial charge in [-0.25, -0.2) is 4.79 Å². The molecule has 0 aromatic carbocycles. The number of rotatable bonds is 6. The lowest BCUT2D eigenvalue weighted by Crippen LogP contribution is -2.56. The molecule has 6 nitrogen and oxygen atoms in total. The van der Waals surface area contributed by atoms with Gasteiger partial charge in [0, 0.05) is 7.05 Å². The number of nitrogens with one attached hydrogen (secondary N) is 1. The molecule has 0 rings (SSSR count). The van der Waals surface area contributed by atoms with E-state index in [1.165, 1.54) is 6.92 Å². The molecule has 0 aromatic heterocycles. The number of allylic oxidation sites excluding steroid dienone is 1. The minimum atomic E-state index is -0.760. The number of carbonyl (C=O) groups excluding carboxylic acids is 3. The number of hydrogen-bond acceptors (Lipinski definition) is 4. The standard InChI is InChI=1S/C21H38N2O4/c1-13(2)16(12-14(3)15(4)24)23(11)18(25)17(20(5,6)7)22-19(26)27-21(8,9)10/h12-13,16-17H,1-11H3,(H,22,26)/b14-12+/t16-,17-/m1/s1. The van der Waals surface area contributed by atoms with Crippen LogP contribution in [-0.2, 0) is 14.3 Å². The third-order valence-corrected chi connectivity index (χ3v) is 4.23. The average molecular weight is 383 g/mol. The summed E-state index contributed by atoms with van der Waals surface area (Å²) < 4.78 is 5.32. The van der Waals surface area contributed by atoms with E-state index in [1.807, 2.05) is 40.7 Å². The van der Waals surface area contributed by atoms with E-state index in [4.69, 9.17) is 4.74 Å². The smallest absolute Gasteiger partial charge is 0.408 e. The largest absolute Gasteiger partial charge is 0.444 e. The van der Waals surface area contributed by atoms with Crippen molar-refractivity contribution in [3.8, 4) is 0 Å². The lowest BCUT2D eigenvalue weighted by molar-refractivity contribution is -0.137. The predicted octanol–water partition coefficient (Wildman–Crippen LogP) is 3.94. The van der Waals surface area contributed by atoms with Crippen LogP contribution in [0.15, 0.2) is 11.6 Å². The fraction of sp³-hybridized carbons (Fsp3) is 0.762. The highest BCUT2D eigenvalue weighted by atomic mass is 16.6. The van der Waals surface area contributed by atoms with E-state index >= 15 is 0 Å². The highest BCUT2D eigenvalue weighted by Gasteiger charge is 2.37. The summed E-state index contributed by atoms with van der Waals surface area (Å²) in [7, 11) is 1.70. The van der Waals surface area contributed by atoms with Gasteiger partial charge in [0.05, 0.1) is 6.04 Å². The summed E-state index contributed by atoms with van der Waals surface area (Å²) in [6.45, 7) is 18.2. The zero-order valence-corrected chi connectivity index (χ0v) is 18.9. The molecule has 0 unspecified atom stereocenters. The summed E-state index contributed by atoms with van der Waals surface area (Å²) in [5, 5.41) is 2.72. The molecule has 2 atom stereocenters. The molecular weight excluding hydrogens is 344 g/mol. The van der Waals surface area contributed by atoms with Gasteiger partial charge in [-0.15, -0.1) is 0 Å². The Hall–Kier alpha value is -1.85. The van der Waals surface area contributed by atoms with Gasteiger partial charge in [-0.2, -0.15) is 0 Å². The number of nitrogens with zero attached hydrogens (tertiary/aromatic N) is 1. The minimum Gasteiger partial charge on any atom is -0.444 e. The van der Waals surface area contributed by atoms with Crippen molar-refractivity contribution in [3.63, 3.8) is 0 Å². The Morgan fingerprint density at radius 1 is 1.00 bits per heavy atom. The van der Waals surface area contributed by atoms with E-state index in [0.29, 0.717) is 5.57 Å². The van der Waals surface area contributed by atoms with Crippen LogP contribution in [0.4, 0.5) is 4.79 Å². The highest BCUT2D eigenvalue weighted by molar-refractivity contribution is 5.93. The SMILES string of the molecule is CC(=O)/C(C)=C/[C@H](C(C)C)N(C)C(=O)[C@@H](NC(=O)OC(C)(C)C)C(C)(C)C. The van der Waals surface area contributed by atoms with Crippen LogP contribution >= 0.6 is 0 Å². The molecule has 0 bridgehead atoms. The van der Waals surface area contributed by atoms with Crippen molar-refractivity contribution in [3.05, 3.63) is 11.6 Å². The summed E-state index contributed by atoms with van der Waals surface area (Å²) >= 11 is 0. The second kappa shape index (κ2) is 9.38. The zero-order chi connectivity index (χ0) is 21.7. The molecule has 0 fully saturated rings. The fourth-order valence-electron chi connectivity index (χ4n) is 2.55. The van der Waals surface area contributed by atoms with Crippen molar-refractivity contribution < 1.29 is 19.1 Å². The summed E-state index contributed by atoms with van der Waals surface area (Å²) in [5.41, 5.74) is -0.549. The molecule has 27 heavy (non-hydrogen) atoms. The summed E-state index contributed by atoms with van der Waals surface area (Å²) in [6.07, 6.45) is 1.19. The Kier molecular flexibility index (Phi) is 8.74. The molecule has 0 heterocycles. The van der Waals surface area contributed by atoms with E-state index in [1.54, 1.807) is 39.6 Å². The molecule has 1 N–H and O–H groups in total. The van der Waals surface area contributed by atoms with Gasteiger partial charge in [-0.05, 0) is 51.5 Å². The lowest BCUT2D eigenvalue weighted by Gasteiger charge is -2.37. The summed E-state index contributed by atoms with van der Waals surface area (Å²) in [4.78, 5) is 38.7. The molecule has 0 saturated carbocycles. The van der Waals surface area contributed by atoms with Crippen LogP contribution < -0.4 is 5.32 Å². The number of Topliss-reactive ketones (excluding diaryl/α,β-unsaturated/α-hetero) is 1. The Labute approximate surface area is 164 Å². The second-order valence-electron chi connectivity index (χ2n) is 9.53. The predicted molar refractivity (Wildman–Crippen MR) is 108 cm³/mol. The van der Waals surface area contributed by atoms with Gasteiger partial charge < -0.3 is 15.0 Å². The van der Waals surface area contributed by atoms with Crippen LogP contribution in [0.25, 0.3) is 0 Å². The first-order chi connectivity index (χ1) is 12.0. The van der Waals surface area contributed by atoms with Crippen molar-refractivity contribution in [1.29, 1.82) is 0 Å². The third-order valence-electron chi connectivity index (χ3n) is 4.23. The maximum Gasteiger partial charge on any atom is 0.408 e. The van der Waals surface area contributed by atoms with Crippen molar-refractivity contribution in [2.45, 2.75) is 86.9 Å². The van der Waals surface area contributed by atoms with Crippen molar-refractivity contribution in [2.75, 3.05) is 7.05 Å². The van der Waals surface area contributed by atoms with Gasteiger partial charge in [0.25, 0.3) is 0 Å². The van der Waals surface area contributed by atoms with Crippen LogP contribution in [0.1, 0.15) is 69.2 Å². The van der Waals surface area contributed by atoms with Gasteiger partial charge in [0.1, 0.15) is 11.6 Å². The maximum atomic E-state index is 13.2. The second-order valence-corrected chi connectivity index (χ2v) is 9.53. The Bertz CT molecular complexity index is 580. The Morgan fingerprint density at radius 3 is 1.81 bits per heavy atom.